The monoisotopic (exact) mass is 353 g/mol. The summed E-state index contributed by atoms with van der Waals surface area (Å²) in [5, 5.41) is 4.38. The third-order valence-electron chi connectivity index (χ3n) is 3.79. The highest BCUT2D eigenvalue weighted by atomic mass is 79.9. The molecule has 1 aromatic rings. The summed E-state index contributed by atoms with van der Waals surface area (Å²) in [4.78, 5) is 1.88. The Balaban J connectivity index is 2.10. The largest absolute Gasteiger partial charge is 0.393 e. The molecule has 1 saturated heterocycles. The van der Waals surface area contributed by atoms with Gasteiger partial charge in [0.05, 0.1) is 21.8 Å². The van der Waals surface area contributed by atoms with E-state index in [-0.39, 0.29) is 13.0 Å². The van der Waals surface area contributed by atoms with E-state index in [9.17, 15) is 13.2 Å². The molecule has 2 rings (SSSR count). The predicted molar refractivity (Wildman–Crippen MR) is 74.4 cm³/mol. The van der Waals surface area contributed by atoms with Crippen LogP contribution in [0.25, 0.3) is 0 Å². The molecule has 1 unspecified atom stereocenters. The summed E-state index contributed by atoms with van der Waals surface area (Å²) >= 11 is 3.49. The second-order valence-corrected chi connectivity index (χ2v) is 6.07. The lowest BCUT2D eigenvalue weighted by atomic mass is 9.97. The number of hydrogen-bond donors (Lipinski definition) is 0. The third-order valence-corrected chi connectivity index (χ3v) is 4.83. The van der Waals surface area contributed by atoms with Gasteiger partial charge in [0.25, 0.3) is 0 Å². The van der Waals surface area contributed by atoms with Crippen molar-refractivity contribution < 1.29 is 13.2 Å². The highest BCUT2D eigenvalue weighted by Crippen LogP contribution is 2.34. The van der Waals surface area contributed by atoms with E-state index < -0.39 is 12.1 Å². The van der Waals surface area contributed by atoms with Crippen LogP contribution in [-0.4, -0.2) is 33.9 Å². The smallest absolute Gasteiger partial charge is 0.297 e. The van der Waals surface area contributed by atoms with Crippen molar-refractivity contribution in [2.75, 3.05) is 13.1 Å². The summed E-state index contributed by atoms with van der Waals surface area (Å²) in [7, 11) is 0. The molecule has 3 nitrogen and oxygen atoms in total. The van der Waals surface area contributed by atoms with Gasteiger partial charge < -0.3 is 0 Å². The van der Waals surface area contributed by atoms with Crippen LogP contribution >= 0.6 is 15.9 Å². The highest BCUT2D eigenvalue weighted by molar-refractivity contribution is 9.10. The zero-order chi connectivity index (χ0) is 14.9. The van der Waals surface area contributed by atoms with Crippen molar-refractivity contribution in [2.45, 2.75) is 46.0 Å². The summed E-state index contributed by atoms with van der Waals surface area (Å²) in [6, 6.07) is 0. The van der Waals surface area contributed by atoms with Gasteiger partial charge in [0.2, 0.25) is 0 Å². The van der Waals surface area contributed by atoms with E-state index >= 15 is 0 Å². The molecular formula is C13H19BrF3N3. The Hall–Kier alpha value is -0.560. The molecule has 1 aliphatic rings. The summed E-state index contributed by atoms with van der Waals surface area (Å²) in [5.41, 5.74) is 1.85. The van der Waals surface area contributed by atoms with E-state index in [0.29, 0.717) is 19.5 Å². The minimum Gasteiger partial charge on any atom is -0.297 e. The second-order valence-electron chi connectivity index (χ2n) is 5.28. The summed E-state index contributed by atoms with van der Waals surface area (Å²) in [5.74, 6) is -1.20. The maximum Gasteiger partial charge on any atom is 0.393 e. The molecule has 0 bridgehead atoms. The molecule has 2 heterocycles. The van der Waals surface area contributed by atoms with Crippen molar-refractivity contribution in [2.24, 2.45) is 5.92 Å². The average molecular weight is 354 g/mol. The molecule has 0 spiro atoms. The quantitative estimate of drug-likeness (QED) is 0.825. The molecule has 0 N–H and O–H groups in total. The van der Waals surface area contributed by atoms with Gasteiger partial charge in [-0.05, 0) is 49.2 Å². The number of halogens is 4. The Kier molecular flexibility index (Phi) is 4.79. The molecule has 1 fully saturated rings. The van der Waals surface area contributed by atoms with E-state index in [2.05, 4.69) is 21.0 Å². The maximum atomic E-state index is 12.8. The van der Waals surface area contributed by atoms with Gasteiger partial charge in [0, 0.05) is 19.6 Å². The molecule has 0 aromatic carbocycles. The molecule has 0 saturated carbocycles. The number of hydrogen-bond acceptors (Lipinski definition) is 2. The topological polar surface area (TPSA) is 21.1 Å². The summed E-state index contributed by atoms with van der Waals surface area (Å²) in [6.07, 6.45) is -3.24. The summed E-state index contributed by atoms with van der Waals surface area (Å²) in [6.45, 7) is 5.92. The van der Waals surface area contributed by atoms with Gasteiger partial charge in [-0.3, -0.25) is 9.58 Å². The van der Waals surface area contributed by atoms with Gasteiger partial charge in [0.1, 0.15) is 0 Å². The Morgan fingerprint density at radius 2 is 2.10 bits per heavy atom. The van der Waals surface area contributed by atoms with Crippen LogP contribution in [0, 0.1) is 12.8 Å². The second kappa shape index (κ2) is 6.05. The van der Waals surface area contributed by atoms with E-state index in [1.807, 2.05) is 23.4 Å². The molecule has 114 valence electrons. The number of nitrogens with zero attached hydrogens (tertiary/aromatic N) is 3. The Labute approximate surface area is 125 Å². The molecule has 0 aliphatic carbocycles. The molecular weight excluding hydrogens is 335 g/mol. The fraction of sp³-hybridized carbons (Fsp3) is 0.769. The number of aryl methyl sites for hydroxylation is 2. The Bertz CT molecular complexity index is 470. The van der Waals surface area contributed by atoms with Crippen LogP contribution in [0.1, 0.15) is 31.2 Å². The molecule has 20 heavy (non-hydrogen) atoms. The van der Waals surface area contributed by atoms with Gasteiger partial charge >= 0.3 is 6.18 Å². The average Bonchev–Trinajstić information content (AvgIpc) is 2.66. The maximum absolute atomic E-state index is 12.8. The fourth-order valence-corrected chi connectivity index (χ4v) is 3.11. The van der Waals surface area contributed by atoms with Crippen molar-refractivity contribution in [3.8, 4) is 0 Å². The zero-order valence-electron chi connectivity index (χ0n) is 11.7. The standard InChI is InChI=1S/C13H19BrF3N3/c1-3-20-11(12(14)9(2)18-20)8-19-6-4-5-10(7-19)13(15,16)17/h10H,3-8H2,1-2H3. The SMILES string of the molecule is CCn1nc(C)c(Br)c1CN1CCCC(C(F)(F)F)C1. The molecule has 1 aromatic heterocycles. The van der Waals surface area contributed by atoms with Gasteiger partial charge in [-0.15, -0.1) is 0 Å². The van der Waals surface area contributed by atoms with Gasteiger partial charge in [-0.25, -0.2) is 0 Å². The molecule has 0 radical (unpaired) electrons. The zero-order valence-corrected chi connectivity index (χ0v) is 13.3. The first-order valence-electron chi connectivity index (χ1n) is 6.83. The van der Waals surface area contributed by atoms with Crippen LogP contribution in [0.15, 0.2) is 4.47 Å². The number of likely N-dealkylation sites (tertiary alicyclic amines) is 1. The van der Waals surface area contributed by atoms with Gasteiger partial charge in [-0.2, -0.15) is 18.3 Å². The lowest BCUT2D eigenvalue weighted by Crippen LogP contribution is -2.41. The first kappa shape index (κ1) is 15.8. The lowest BCUT2D eigenvalue weighted by Gasteiger charge is -2.33. The van der Waals surface area contributed by atoms with Crippen molar-refractivity contribution >= 4 is 15.9 Å². The number of rotatable bonds is 3. The molecule has 1 aliphatic heterocycles. The van der Waals surface area contributed by atoms with Crippen molar-refractivity contribution in [1.82, 2.24) is 14.7 Å². The normalized spacial score (nSPS) is 21.4. The van der Waals surface area contributed by atoms with E-state index in [4.69, 9.17) is 0 Å². The van der Waals surface area contributed by atoms with E-state index in [1.54, 1.807) is 0 Å². The van der Waals surface area contributed by atoms with Crippen LogP contribution in [0.4, 0.5) is 13.2 Å². The summed E-state index contributed by atoms with van der Waals surface area (Å²) < 4.78 is 41.3. The molecule has 1 atom stereocenters. The number of piperidine rings is 1. The van der Waals surface area contributed by atoms with Crippen LogP contribution in [0.3, 0.4) is 0 Å². The van der Waals surface area contributed by atoms with Crippen molar-refractivity contribution in [3.63, 3.8) is 0 Å². The Morgan fingerprint density at radius 3 is 2.70 bits per heavy atom. The van der Waals surface area contributed by atoms with E-state index in [0.717, 1.165) is 22.4 Å². The van der Waals surface area contributed by atoms with Crippen LogP contribution < -0.4 is 0 Å². The minimum absolute atomic E-state index is 0.0872. The minimum atomic E-state index is -4.09. The molecule has 0 amide bonds. The first-order valence-corrected chi connectivity index (χ1v) is 7.63. The highest BCUT2D eigenvalue weighted by Gasteiger charge is 2.41. The van der Waals surface area contributed by atoms with Crippen LogP contribution in [-0.2, 0) is 13.1 Å². The predicted octanol–water partition coefficient (Wildman–Crippen LogP) is 3.75. The molecule has 7 heteroatoms. The number of alkyl halides is 3. The first-order chi connectivity index (χ1) is 9.32. The lowest BCUT2D eigenvalue weighted by molar-refractivity contribution is -0.187. The Morgan fingerprint density at radius 1 is 1.40 bits per heavy atom. The van der Waals surface area contributed by atoms with Crippen LogP contribution in [0.5, 0.6) is 0 Å². The van der Waals surface area contributed by atoms with Gasteiger partial charge in [-0.1, -0.05) is 0 Å². The van der Waals surface area contributed by atoms with Gasteiger partial charge in [0.15, 0.2) is 0 Å². The van der Waals surface area contributed by atoms with Crippen LogP contribution in [0.2, 0.25) is 0 Å². The van der Waals surface area contributed by atoms with E-state index in [1.165, 1.54) is 0 Å². The number of aromatic nitrogens is 2. The van der Waals surface area contributed by atoms with Crippen molar-refractivity contribution in [1.29, 1.82) is 0 Å². The van der Waals surface area contributed by atoms with Crippen molar-refractivity contribution in [3.05, 3.63) is 15.9 Å². The third kappa shape index (κ3) is 3.36. The fourth-order valence-electron chi connectivity index (χ4n) is 2.70.